The number of aryl methyl sites for hydroxylation is 1. The number of carbonyl (C=O) groups excluding carboxylic acids is 1. The molecule has 0 atom stereocenters. The third-order valence-corrected chi connectivity index (χ3v) is 3.13. The largest absolute Gasteiger partial charge is 0.387 e. The molecule has 2 aromatic rings. The van der Waals surface area contributed by atoms with Crippen LogP contribution in [0.5, 0.6) is 0 Å². The predicted molar refractivity (Wildman–Crippen MR) is 80.6 cm³/mol. The van der Waals surface area contributed by atoms with Crippen molar-refractivity contribution in [2.24, 2.45) is 0 Å². The zero-order valence-electron chi connectivity index (χ0n) is 10.7. The van der Waals surface area contributed by atoms with Gasteiger partial charge in [0.05, 0.1) is 11.3 Å². The average Bonchev–Trinajstić information content (AvgIpc) is 2.38. The Morgan fingerprint density at radius 2 is 2.11 bits per heavy atom. The van der Waals surface area contributed by atoms with E-state index in [-0.39, 0.29) is 5.91 Å². The number of nitrogens with zero attached hydrogens (tertiary/aromatic N) is 1. The van der Waals surface area contributed by atoms with E-state index in [1.54, 1.807) is 13.2 Å². The van der Waals surface area contributed by atoms with Crippen LogP contribution in [0.2, 0.25) is 0 Å². The van der Waals surface area contributed by atoms with Crippen LogP contribution < -0.4 is 10.6 Å². The van der Waals surface area contributed by atoms with Crippen molar-refractivity contribution in [1.29, 1.82) is 0 Å². The zero-order chi connectivity index (χ0) is 13.8. The summed E-state index contributed by atoms with van der Waals surface area (Å²) in [6, 6.07) is 9.30. The first-order chi connectivity index (χ1) is 9.10. The molecule has 0 fully saturated rings. The van der Waals surface area contributed by atoms with E-state index in [9.17, 15) is 4.79 Å². The molecule has 98 valence electrons. The fourth-order valence-corrected chi connectivity index (χ4v) is 2.11. The number of carbonyl (C=O) groups is 1. The van der Waals surface area contributed by atoms with Gasteiger partial charge >= 0.3 is 0 Å². The van der Waals surface area contributed by atoms with Crippen molar-refractivity contribution in [3.8, 4) is 0 Å². The van der Waals surface area contributed by atoms with Crippen molar-refractivity contribution < 1.29 is 4.79 Å². The number of halogens is 1. The molecule has 0 bridgehead atoms. The van der Waals surface area contributed by atoms with Crippen molar-refractivity contribution in [1.82, 2.24) is 4.98 Å². The molecule has 0 aliphatic carbocycles. The number of hydrogen-bond acceptors (Lipinski definition) is 3. The van der Waals surface area contributed by atoms with Gasteiger partial charge < -0.3 is 10.6 Å². The molecule has 0 radical (unpaired) electrons. The number of aromatic nitrogens is 1. The quantitative estimate of drug-likeness (QED) is 0.911. The summed E-state index contributed by atoms with van der Waals surface area (Å²) in [5, 5.41) is 5.85. The van der Waals surface area contributed by atoms with Gasteiger partial charge in [-0.15, -0.1) is 0 Å². The van der Waals surface area contributed by atoms with E-state index in [2.05, 4.69) is 31.5 Å². The summed E-state index contributed by atoms with van der Waals surface area (Å²) >= 11 is 3.37. The Morgan fingerprint density at radius 1 is 1.32 bits per heavy atom. The Balaban J connectivity index is 2.25. The van der Waals surface area contributed by atoms with Gasteiger partial charge in [0.1, 0.15) is 0 Å². The van der Waals surface area contributed by atoms with Gasteiger partial charge in [-0.25, -0.2) is 0 Å². The van der Waals surface area contributed by atoms with Gasteiger partial charge in [-0.3, -0.25) is 9.78 Å². The molecule has 2 N–H and O–H groups in total. The molecule has 19 heavy (non-hydrogen) atoms. The van der Waals surface area contributed by atoms with E-state index in [1.165, 1.54) is 0 Å². The van der Waals surface area contributed by atoms with Crippen LogP contribution in [-0.4, -0.2) is 17.9 Å². The van der Waals surface area contributed by atoms with E-state index in [0.29, 0.717) is 5.56 Å². The van der Waals surface area contributed by atoms with Gasteiger partial charge in [0.2, 0.25) is 0 Å². The van der Waals surface area contributed by atoms with Crippen LogP contribution >= 0.6 is 15.9 Å². The Bertz CT molecular complexity index is 613. The van der Waals surface area contributed by atoms with E-state index in [0.717, 1.165) is 21.5 Å². The Morgan fingerprint density at radius 3 is 2.79 bits per heavy atom. The molecule has 0 aliphatic heterocycles. The molecule has 1 aromatic carbocycles. The first-order valence-electron chi connectivity index (χ1n) is 5.81. The third kappa shape index (κ3) is 3.32. The maximum absolute atomic E-state index is 12.2. The number of pyridine rings is 1. The molecular formula is C14H14BrN3O. The van der Waals surface area contributed by atoms with Crippen molar-refractivity contribution in [2.45, 2.75) is 6.92 Å². The van der Waals surface area contributed by atoms with E-state index < -0.39 is 0 Å². The molecule has 2 rings (SSSR count). The van der Waals surface area contributed by atoms with Gasteiger partial charge in [-0.05, 0) is 31.2 Å². The van der Waals surface area contributed by atoms with E-state index in [4.69, 9.17) is 0 Å². The monoisotopic (exact) mass is 319 g/mol. The number of nitrogens with one attached hydrogen (secondary N) is 2. The number of anilines is 2. The van der Waals surface area contributed by atoms with Gasteiger partial charge in [0.15, 0.2) is 0 Å². The van der Waals surface area contributed by atoms with Crippen molar-refractivity contribution in [2.75, 3.05) is 17.7 Å². The van der Waals surface area contributed by atoms with E-state index >= 15 is 0 Å². The second-order valence-corrected chi connectivity index (χ2v) is 5.00. The standard InChI is InChI=1S/C14H14BrN3O/c1-9-6-13(16-2)12(8-17-9)14(19)18-11-5-3-4-10(15)7-11/h3-8H,1-2H3,(H,16,17)(H,18,19). The SMILES string of the molecule is CNc1cc(C)ncc1C(=O)Nc1cccc(Br)c1. The average molecular weight is 320 g/mol. The molecule has 0 unspecified atom stereocenters. The minimum atomic E-state index is -0.185. The highest BCUT2D eigenvalue weighted by Crippen LogP contribution is 2.19. The van der Waals surface area contributed by atoms with Crippen LogP contribution in [0.1, 0.15) is 16.1 Å². The minimum Gasteiger partial charge on any atom is -0.387 e. The summed E-state index contributed by atoms with van der Waals surface area (Å²) in [4.78, 5) is 16.4. The number of rotatable bonds is 3. The van der Waals surface area contributed by atoms with Crippen molar-refractivity contribution in [3.05, 3.63) is 52.3 Å². The lowest BCUT2D eigenvalue weighted by Gasteiger charge is -2.10. The first kappa shape index (κ1) is 13.5. The van der Waals surface area contributed by atoms with Crippen molar-refractivity contribution >= 4 is 33.2 Å². The number of hydrogen-bond donors (Lipinski definition) is 2. The molecular weight excluding hydrogens is 306 g/mol. The maximum Gasteiger partial charge on any atom is 0.259 e. The second-order valence-electron chi connectivity index (χ2n) is 4.09. The maximum atomic E-state index is 12.2. The summed E-state index contributed by atoms with van der Waals surface area (Å²) < 4.78 is 0.918. The fourth-order valence-electron chi connectivity index (χ4n) is 1.71. The highest BCUT2D eigenvalue weighted by atomic mass is 79.9. The van der Waals surface area contributed by atoms with Crippen LogP contribution in [-0.2, 0) is 0 Å². The second kappa shape index (κ2) is 5.84. The molecule has 0 aliphatic rings. The Labute approximate surface area is 120 Å². The summed E-state index contributed by atoms with van der Waals surface area (Å²) in [6.45, 7) is 1.89. The zero-order valence-corrected chi connectivity index (χ0v) is 12.3. The van der Waals surface area contributed by atoms with Crippen LogP contribution in [0, 0.1) is 6.92 Å². The van der Waals surface area contributed by atoms with Crippen molar-refractivity contribution in [3.63, 3.8) is 0 Å². The smallest absolute Gasteiger partial charge is 0.259 e. The summed E-state index contributed by atoms with van der Waals surface area (Å²) in [5.74, 6) is -0.185. The molecule has 1 heterocycles. The molecule has 0 saturated carbocycles. The van der Waals surface area contributed by atoms with Gasteiger partial charge in [0.25, 0.3) is 5.91 Å². The predicted octanol–water partition coefficient (Wildman–Crippen LogP) is 3.45. The van der Waals surface area contributed by atoms with Crippen LogP contribution in [0.15, 0.2) is 41.0 Å². The highest BCUT2D eigenvalue weighted by molar-refractivity contribution is 9.10. The molecule has 4 nitrogen and oxygen atoms in total. The van der Waals surface area contributed by atoms with Gasteiger partial charge in [0, 0.05) is 29.1 Å². The summed E-state index contributed by atoms with van der Waals surface area (Å²) in [6.07, 6.45) is 1.58. The topological polar surface area (TPSA) is 54.0 Å². The third-order valence-electron chi connectivity index (χ3n) is 2.64. The lowest BCUT2D eigenvalue weighted by molar-refractivity contribution is 0.102. The summed E-state index contributed by atoms with van der Waals surface area (Å²) in [5.41, 5.74) is 2.89. The Kier molecular flexibility index (Phi) is 4.16. The molecule has 5 heteroatoms. The molecule has 0 saturated heterocycles. The van der Waals surface area contributed by atoms with Crippen LogP contribution in [0.4, 0.5) is 11.4 Å². The van der Waals surface area contributed by atoms with Gasteiger partial charge in [-0.1, -0.05) is 22.0 Å². The minimum absolute atomic E-state index is 0.185. The normalized spacial score (nSPS) is 10.1. The van der Waals surface area contributed by atoms with Crippen LogP contribution in [0.3, 0.4) is 0 Å². The number of benzene rings is 1. The van der Waals surface area contributed by atoms with Gasteiger partial charge in [-0.2, -0.15) is 0 Å². The molecule has 1 amide bonds. The lowest BCUT2D eigenvalue weighted by Crippen LogP contribution is -2.14. The Hall–Kier alpha value is -1.88. The lowest BCUT2D eigenvalue weighted by atomic mass is 10.2. The van der Waals surface area contributed by atoms with E-state index in [1.807, 2.05) is 37.3 Å². The summed E-state index contributed by atoms with van der Waals surface area (Å²) in [7, 11) is 1.78. The number of amides is 1. The molecule has 0 spiro atoms. The first-order valence-corrected chi connectivity index (χ1v) is 6.61. The highest BCUT2D eigenvalue weighted by Gasteiger charge is 2.11. The fraction of sp³-hybridized carbons (Fsp3) is 0.143. The molecule has 1 aromatic heterocycles. The van der Waals surface area contributed by atoms with Crippen LogP contribution in [0.25, 0.3) is 0 Å².